The number of ketones is 1. The molecule has 0 bridgehead atoms. The first-order valence-corrected chi connectivity index (χ1v) is 14.2. The molecule has 9 nitrogen and oxygen atoms in total. The minimum atomic E-state index is -3.89. The van der Waals surface area contributed by atoms with Crippen molar-refractivity contribution in [2.45, 2.75) is 31.3 Å². The number of carbonyl (C=O) groups is 1. The minimum Gasteiger partial charge on any atom is -0.290 e. The number of rotatable bonds is 6. The standard InChI is InChI=1S/C25H23FN6O3S2/c1-2-31-22(7-9-28-31)37(34,35)30-11-8-18-13-21-17(15-29-32(21)20-5-3-19(26)4-6-20)14-25(18,16-30)23(33)24-27-10-12-36-24/h3-7,9-10,12-13,15H,2,8,11,14,16H2,1H3. The zero-order valence-electron chi connectivity index (χ0n) is 19.9. The normalized spacial score (nSPS) is 19.8. The number of benzene rings is 1. The van der Waals surface area contributed by atoms with Gasteiger partial charge in [0.15, 0.2) is 10.0 Å². The second-order valence-electron chi connectivity index (χ2n) is 9.11. The Bertz CT molecular complexity index is 1620. The zero-order valence-corrected chi connectivity index (χ0v) is 21.5. The number of Topliss-reactive ketones (excluding diaryl/α,β-unsaturated/α-hetero) is 1. The van der Waals surface area contributed by atoms with E-state index in [-0.39, 0.29) is 36.1 Å². The first-order valence-electron chi connectivity index (χ1n) is 11.8. The lowest BCUT2D eigenvalue weighted by atomic mass is 9.66. The highest BCUT2D eigenvalue weighted by Gasteiger charge is 2.52. The molecule has 1 aliphatic carbocycles. The molecule has 1 aliphatic heterocycles. The summed E-state index contributed by atoms with van der Waals surface area (Å²) >= 11 is 1.25. The van der Waals surface area contributed by atoms with E-state index in [1.807, 2.05) is 13.0 Å². The third kappa shape index (κ3) is 3.78. The van der Waals surface area contributed by atoms with Crippen LogP contribution >= 0.6 is 11.3 Å². The van der Waals surface area contributed by atoms with Crippen LogP contribution in [-0.2, 0) is 23.0 Å². The summed E-state index contributed by atoms with van der Waals surface area (Å²) < 4.78 is 45.5. The van der Waals surface area contributed by atoms with Crippen molar-refractivity contribution in [1.29, 1.82) is 0 Å². The molecule has 4 aromatic rings. The third-order valence-electron chi connectivity index (χ3n) is 7.09. The molecule has 1 fully saturated rings. The van der Waals surface area contributed by atoms with E-state index in [2.05, 4.69) is 15.2 Å². The molecule has 190 valence electrons. The average molecular weight is 539 g/mol. The van der Waals surface area contributed by atoms with Gasteiger partial charge >= 0.3 is 0 Å². The van der Waals surface area contributed by atoms with E-state index < -0.39 is 15.4 Å². The molecule has 0 saturated carbocycles. The van der Waals surface area contributed by atoms with Gasteiger partial charge in [0.25, 0.3) is 10.0 Å². The molecule has 12 heteroatoms. The van der Waals surface area contributed by atoms with Crippen LogP contribution in [0.25, 0.3) is 11.8 Å². The van der Waals surface area contributed by atoms with Gasteiger partial charge in [-0.1, -0.05) is 5.57 Å². The van der Waals surface area contributed by atoms with Crippen molar-refractivity contribution in [1.82, 2.24) is 28.9 Å². The molecule has 0 amide bonds. The molecule has 6 rings (SSSR count). The van der Waals surface area contributed by atoms with Crippen LogP contribution in [0, 0.1) is 11.2 Å². The Morgan fingerprint density at radius 1 is 1.16 bits per heavy atom. The van der Waals surface area contributed by atoms with Gasteiger partial charge < -0.3 is 0 Å². The number of hydrogen-bond acceptors (Lipinski definition) is 7. The SMILES string of the molecule is CCn1nccc1S(=O)(=O)N1CCC2=Cc3c(cnn3-c3ccc(F)cc3)CC2(C(=O)c2nccs2)C1. The summed E-state index contributed by atoms with van der Waals surface area (Å²) in [6.45, 7) is 2.47. The summed E-state index contributed by atoms with van der Waals surface area (Å²) in [6, 6.07) is 7.54. The van der Waals surface area contributed by atoms with E-state index >= 15 is 0 Å². The predicted octanol–water partition coefficient (Wildman–Crippen LogP) is 3.59. The van der Waals surface area contributed by atoms with Gasteiger partial charge in [-0.3, -0.25) is 9.48 Å². The number of halogens is 1. The Kier molecular flexibility index (Phi) is 5.70. The highest BCUT2D eigenvalue weighted by Crippen LogP contribution is 2.47. The molecular weight excluding hydrogens is 515 g/mol. The summed E-state index contributed by atoms with van der Waals surface area (Å²) in [5, 5.41) is 10.8. The van der Waals surface area contributed by atoms with Crippen molar-refractivity contribution in [2.24, 2.45) is 5.41 Å². The quantitative estimate of drug-likeness (QED) is 0.348. The van der Waals surface area contributed by atoms with E-state index in [0.717, 1.165) is 16.8 Å². The monoisotopic (exact) mass is 538 g/mol. The van der Waals surface area contributed by atoms with Gasteiger partial charge in [0, 0.05) is 31.2 Å². The second kappa shape index (κ2) is 8.82. The summed E-state index contributed by atoms with van der Waals surface area (Å²) in [5.74, 6) is -0.535. The average Bonchev–Trinajstić information content (AvgIpc) is 3.68. The van der Waals surface area contributed by atoms with Crippen molar-refractivity contribution in [2.75, 3.05) is 13.1 Å². The van der Waals surface area contributed by atoms with Crippen LogP contribution in [0.3, 0.4) is 0 Å². The van der Waals surface area contributed by atoms with Crippen molar-refractivity contribution in [3.8, 4) is 5.69 Å². The van der Waals surface area contributed by atoms with Gasteiger partial charge in [-0.05, 0) is 61.7 Å². The van der Waals surface area contributed by atoms with Crippen molar-refractivity contribution < 1.29 is 17.6 Å². The molecule has 1 atom stereocenters. The number of nitrogens with zero attached hydrogens (tertiary/aromatic N) is 6. The van der Waals surface area contributed by atoms with Crippen molar-refractivity contribution in [3.63, 3.8) is 0 Å². The number of fused-ring (bicyclic) bond motifs is 2. The fraction of sp³-hybridized carbons (Fsp3) is 0.280. The van der Waals surface area contributed by atoms with Crippen molar-refractivity contribution in [3.05, 3.63) is 82.0 Å². The summed E-state index contributed by atoms with van der Waals surface area (Å²) in [6.07, 6.45) is 7.36. The molecule has 1 unspecified atom stereocenters. The Balaban J connectivity index is 1.45. The molecular formula is C25H23FN6O3S2. The van der Waals surface area contributed by atoms with E-state index in [0.29, 0.717) is 23.7 Å². The van der Waals surface area contributed by atoms with Crippen LogP contribution in [0.5, 0.6) is 0 Å². The lowest BCUT2D eigenvalue weighted by molar-refractivity contribution is 0.0775. The fourth-order valence-electron chi connectivity index (χ4n) is 5.26. The first kappa shape index (κ1) is 23.9. The third-order valence-corrected chi connectivity index (χ3v) is 9.73. The van der Waals surface area contributed by atoms with Gasteiger partial charge in [0.05, 0.1) is 29.2 Å². The van der Waals surface area contributed by atoms with Crippen LogP contribution < -0.4 is 0 Å². The number of aromatic nitrogens is 5. The smallest absolute Gasteiger partial charge is 0.260 e. The Morgan fingerprint density at radius 3 is 2.70 bits per heavy atom. The molecule has 0 N–H and O–H groups in total. The molecule has 0 spiro atoms. The Morgan fingerprint density at radius 2 is 1.97 bits per heavy atom. The highest BCUT2D eigenvalue weighted by molar-refractivity contribution is 7.89. The summed E-state index contributed by atoms with van der Waals surface area (Å²) in [5.41, 5.74) is 2.06. The van der Waals surface area contributed by atoms with Gasteiger partial charge in [-0.2, -0.15) is 14.5 Å². The molecule has 3 aromatic heterocycles. The molecule has 0 radical (unpaired) electrons. The minimum absolute atomic E-state index is 0.00432. The predicted molar refractivity (Wildman–Crippen MR) is 135 cm³/mol. The molecule has 4 heterocycles. The number of hydrogen-bond donors (Lipinski definition) is 0. The maximum Gasteiger partial charge on any atom is 0.260 e. The largest absolute Gasteiger partial charge is 0.290 e. The number of piperidine rings is 1. The lowest BCUT2D eigenvalue weighted by Crippen LogP contribution is -2.53. The molecule has 1 aromatic carbocycles. The van der Waals surface area contributed by atoms with E-state index in [1.54, 1.807) is 34.6 Å². The molecule has 37 heavy (non-hydrogen) atoms. The number of sulfonamides is 1. The van der Waals surface area contributed by atoms with Crippen LogP contribution in [0.2, 0.25) is 0 Å². The maximum absolute atomic E-state index is 14.0. The topological polar surface area (TPSA) is 103 Å². The lowest BCUT2D eigenvalue weighted by Gasteiger charge is -2.44. The van der Waals surface area contributed by atoms with Crippen LogP contribution in [-0.4, -0.2) is 56.1 Å². The van der Waals surface area contributed by atoms with Gasteiger partial charge in [-0.15, -0.1) is 11.3 Å². The van der Waals surface area contributed by atoms with Crippen LogP contribution in [0.15, 0.2) is 64.9 Å². The number of aryl methyl sites for hydroxylation is 1. The summed E-state index contributed by atoms with van der Waals surface area (Å²) in [4.78, 5) is 18.3. The van der Waals surface area contributed by atoms with Crippen LogP contribution in [0.4, 0.5) is 4.39 Å². The molecule has 1 saturated heterocycles. The Labute approximate surface area is 216 Å². The van der Waals surface area contributed by atoms with Gasteiger partial charge in [0.2, 0.25) is 5.78 Å². The van der Waals surface area contributed by atoms with E-state index in [1.165, 1.54) is 44.7 Å². The Hall–Kier alpha value is -3.48. The first-order chi connectivity index (χ1) is 17.8. The highest BCUT2D eigenvalue weighted by atomic mass is 32.2. The van der Waals surface area contributed by atoms with E-state index in [4.69, 9.17) is 0 Å². The van der Waals surface area contributed by atoms with Gasteiger partial charge in [0.1, 0.15) is 5.82 Å². The maximum atomic E-state index is 14.0. The fourth-order valence-corrected chi connectivity index (χ4v) is 7.60. The van der Waals surface area contributed by atoms with E-state index in [9.17, 15) is 17.6 Å². The number of thiazole rings is 1. The zero-order chi connectivity index (χ0) is 25.8. The van der Waals surface area contributed by atoms with Crippen LogP contribution in [0.1, 0.15) is 34.4 Å². The number of carbonyl (C=O) groups excluding carboxylic acids is 1. The second-order valence-corrected chi connectivity index (χ2v) is 11.9. The van der Waals surface area contributed by atoms with Crippen molar-refractivity contribution >= 4 is 33.2 Å². The summed E-state index contributed by atoms with van der Waals surface area (Å²) in [7, 11) is -3.89. The molecule has 2 aliphatic rings. The van der Waals surface area contributed by atoms with Gasteiger partial charge in [-0.25, -0.2) is 22.5 Å².